The number of fused-ring (bicyclic) bond motifs is 2. The molecule has 8 nitrogen and oxygen atoms in total. The van der Waals surface area contributed by atoms with Crippen LogP contribution in [0.5, 0.6) is 0 Å². The first-order valence-corrected chi connectivity index (χ1v) is 8.85. The lowest BCUT2D eigenvalue weighted by molar-refractivity contribution is -0.384. The number of hydrogen-bond donors (Lipinski definition) is 1. The van der Waals surface area contributed by atoms with Crippen LogP contribution in [0.4, 0.5) is 5.69 Å². The summed E-state index contributed by atoms with van der Waals surface area (Å²) >= 11 is 0. The van der Waals surface area contributed by atoms with Crippen molar-refractivity contribution < 1.29 is 9.72 Å². The van der Waals surface area contributed by atoms with Crippen molar-refractivity contribution in [2.45, 2.75) is 43.8 Å². The number of halogens is 1. The number of non-ortho nitro benzene ring substituents is 1. The summed E-state index contributed by atoms with van der Waals surface area (Å²) < 4.78 is 1.50. The van der Waals surface area contributed by atoms with Crippen LogP contribution in [-0.2, 0) is 0 Å². The van der Waals surface area contributed by atoms with Crippen molar-refractivity contribution in [3.63, 3.8) is 0 Å². The van der Waals surface area contributed by atoms with Crippen molar-refractivity contribution in [1.82, 2.24) is 20.0 Å². The molecule has 2 aromatic rings. The van der Waals surface area contributed by atoms with E-state index in [0.29, 0.717) is 23.5 Å². The van der Waals surface area contributed by atoms with Gasteiger partial charge in [0.15, 0.2) is 5.69 Å². The van der Waals surface area contributed by atoms with Gasteiger partial charge in [0.25, 0.3) is 11.6 Å². The number of hydrogen-bond acceptors (Lipinski definition) is 5. The first-order chi connectivity index (χ1) is 12.5. The Morgan fingerprint density at radius 1 is 1.30 bits per heavy atom. The molecule has 2 atom stereocenters. The molecule has 9 heteroatoms. The summed E-state index contributed by atoms with van der Waals surface area (Å²) in [5, 5.41) is 18.8. The minimum atomic E-state index is -0.446. The molecule has 2 bridgehead atoms. The van der Waals surface area contributed by atoms with Crippen LogP contribution in [0.25, 0.3) is 5.69 Å². The van der Waals surface area contributed by atoms with Gasteiger partial charge in [-0.2, -0.15) is 5.10 Å². The number of nitrogens with one attached hydrogen (secondary N) is 1. The number of carbonyl (C=O) groups is 1. The van der Waals surface area contributed by atoms with E-state index in [0.717, 1.165) is 12.8 Å². The average molecular weight is 392 g/mol. The highest BCUT2D eigenvalue weighted by molar-refractivity contribution is 5.92. The van der Waals surface area contributed by atoms with Gasteiger partial charge in [-0.05, 0) is 37.8 Å². The monoisotopic (exact) mass is 391 g/mol. The number of nitro benzene ring substituents is 1. The predicted molar refractivity (Wildman–Crippen MR) is 103 cm³/mol. The molecule has 1 amide bonds. The Balaban J connectivity index is 0.00000210. The van der Waals surface area contributed by atoms with E-state index in [1.165, 1.54) is 29.7 Å². The first-order valence-electron chi connectivity index (χ1n) is 8.85. The van der Waals surface area contributed by atoms with E-state index in [2.05, 4.69) is 10.4 Å². The SMILES string of the molecule is CN(C(=O)c1ccn(-c2cccc([N+](=O)[O-])c2)n1)C1CC2CCC(C1)N2.Cl. The maximum atomic E-state index is 12.8. The zero-order valence-corrected chi connectivity index (χ0v) is 15.8. The minimum Gasteiger partial charge on any atom is -0.337 e. The van der Waals surface area contributed by atoms with Crippen LogP contribution in [0.1, 0.15) is 36.2 Å². The van der Waals surface area contributed by atoms with Crippen LogP contribution < -0.4 is 5.32 Å². The van der Waals surface area contributed by atoms with Crippen molar-refractivity contribution in [2.24, 2.45) is 0 Å². The largest absolute Gasteiger partial charge is 0.337 e. The van der Waals surface area contributed by atoms with Crippen LogP contribution in [-0.4, -0.2) is 50.7 Å². The minimum absolute atomic E-state index is 0. The fraction of sp³-hybridized carbons (Fsp3) is 0.444. The first kappa shape index (κ1) is 19.3. The standard InChI is InChI=1S/C18H21N5O3.ClH/c1-21(16-9-12-5-6-13(10-16)19-12)18(24)17-7-8-22(20-17)14-3-2-4-15(11-14)23(25)26;/h2-4,7-8,11-13,16,19H,5-6,9-10H2,1H3;1H. The molecule has 2 aliphatic rings. The molecule has 0 aliphatic carbocycles. The van der Waals surface area contributed by atoms with Crippen LogP contribution in [0, 0.1) is 10.1 Å². The molecule has 4 rings (SSSR count). The van der Waals surface area contributed by atoms with Gasteiger partial charge in [-0.15, -0.1) is 12.4 Å². The van der Waals surface area contributed by atoms with Gasteiger partial charge in [0.2, 0.25) is 0 Å². The molecule has 2 saturated heterocycles. The number of piperidine rings is 1. The molecule has 2 aliphatic heterocycles. The number of rotatable bonds is 4. The summed E-state index contributed by atoms with van der Waals surface area (Å²) in [6.07, 6.45) is 5.98. The third kappa shape index (κ3) is 3.81. The van der Waals surface area contributed by atoms with Crippen LogP contribution >= 0.6 is 12.4 Å². The van der Waals surface area contributed by atoms with Gasteiger partial charge in [-0.25, -0.2) is 4.68 Å². The Labute approximate surface area is 163 Å². The molecule has 2 unspecified atom stereocenters. The lowest BCUT2D eigenvalue weighted by atomic mass is 9.98. The third-order valence-electron chi connectivity index (χ3n) is 5.43. The van der Waals surface area contributed by atoms with Crippen molar-refractivity contribution in [2.75, 3.05) is 7.05 Å². The molecule has 0 radical (unpaired) electrons. The number of aromatic nitrogens is 2. The highest BCUT2D eigenvalue weighted by atomic mass is 35.5. The summed E-state index contributed by atoms with van der Waals surface area (Å²) in [7, 11) is 1.84. The van der Waals surface area contributed by atoms with Gasteiger partial charge in [-0.1, -0.05) is 6.07 Å². The predicted octanol–water partition coefficient (Wildman–Crippen LogP) is 2.56. The van der Waals surface area contributed by atoms with Crippen molar-refractivity contribution in [1.29, 1.82) is 0 Å². The van der Waals surface area contributed by atoms with Crippen LogP contribution in [0.3, 0.4) is 0 Å². The van der Waals surface area contributed by atoms with Crippen LogP contribution in [0.15, 0.2) is 36.5 Å². The number of nitro groups is 1. The van der Waals surface area contributed by atoms with Crippen molar-refractivity contribution >= 4 is 24.0 Å². The van der Waals surface area contributed by atoms with Gasteiger partial charge in [0.05, 0.1) is 10.6 Å². The lowest BCUT2D eigenvalue weighted by Crippen LogP contribution is -2.48. The highest BCUT2D eigenvalue weighted by Crippen LogP contribution is 2.29. The van der Waals surface area contributed by atoms with Gasteiger partial charge >= 0.3 is 0 Å². The number of amides is 1. The normalized spacial score (nSPS) is 23.5. The summed E-state index contributed by atoms with van der Waals surface area (Å²) in [5.74, 6) is -0.111. The van der Waals surface area contributed by atoms with Crippen molar-refractivity contribution in [3.05, 3.63) is 52.3 Å². The topological polar surface area (TPSA) is 93.3 Å². The molecular formula is C18H22ClN5O3. The number of nitrogens with zero attached hydrogens (tertiary/aromatic N) is 4. The second kappa shape index (κ2) is 7.66. The van der Waals surface area contributed by atoms with E-state index in [4.69, 9.17) is 0 Å². The molecule has 3 heterocycles. The molecular weight excluding hydrogens is 370 g/mol. The smallest absolute Gasteiger partial charge is 0.274 e. The number of benzene rings is 1. The fourth-order valence-corrected chi connectivity index (χ4v) is 4.02. The Morgan fingerprint density at radius 3 is 2.67 bits per heavy atom. The summed E-state index contributed by atoms with van der Waals surface area (Å²) in [6.45, 7) is 0. The molecule has 0 spiro atoms. The summed E-state index contributed by atoms with van der Waals surface area (Å²) in [6, 6.07) is 9.11. The van der Waals surface area contributed by atoms with E-state index in [-0.39, 0.29) is 30.0 Å². The number of carbonyl (C=O) groups excluding carboxylic acids is 1. The van der Waals surface area contributed by atoms with Crippen LogP contribution in [0.2, 0.25) is 0 Å². The summed E-state index contributed by atoms with van der Waals surface area (Å²) in [4.78, 5) is 25.1. The third-order valence-corrected chi connectivity index (χ3v) is 5.43. The Kier molecular flexibility index (Phi) is 5.48. The van der Waals surface area contributed by atoms with Gasteiger partial charge in [-0.3, -0.25) is 14.9 Å². The Morgan fingerprint density at radius 2 is 2.00 bits per heavy atom. The Hall–Kier alpha value is -2.45. The molecule has 27 heavy (non-hydrogen) atoms. The zero-order valence-electron chi connectivity index (χ0n) is 14.9. The van der Waals surface area contributed by atoms with E-state index in [1.807, 2.05) is 7.05 Å². The van der Waals surface area contributed by atoms with Crippen molar-refractivity contribution in [3.8, 4) is 5.69 Å². The van der Waals surface area contributed by atoms with Gasteiger partial charge < -0.3 is 10.2 Å². The molecule has 2 fully saturated rings. The van der Waals surface area contributed by atoms with E-state index < -0.39 is 4.92 Å². The quantitative estimate of drug-likeness (QED) is 0.638. The maximum absolute atomic E-state index is 12.8. The summed E-state index contributed by atoms with van der Waals surface area (Å²) in [5.41, 5.74) is 0.902. The molecule has 1 aromatic heterocycles. The molecule has 1 N–H and O–H groups in total. The van der Waals surface area contributed by atoms with Gasteiger partial charge in [0, 0.05) is 43.5 Å². The maximum Gasteiger partial charge on any atom is 0.274 e. The van der Waals surface area contributed by atoms with E-state index in [1.54, 1.807) is 29.3 Å². The van der Waals surface area contributed by atoms with E-state index >= 15 is 0 Å². The van der Waals surface area contributed by atoms with Gasteiger partial charge in [0.1, 0.15) is 0 Å². The molecule has 0 saturated carbocycles. The second-order valence-corrected chi connectivity index (χ2v) is 7.10. The Bertz CT molecular complexity index is 843. The lowest BCUT2D eigenvalue weighted by Gasteiger charge is -2.35. The highest BCUT2D eigenvalue weighted by Gasteiger charge is 2.36. The fourth-order valence-electron chi connectivity index (χ4n) is 4.02. The zero-order chi connectivity index (χ0) is 18.3. The average Bonchev–Trinajstić information content (AvgIpc) is 3.27. The molecule has 1 aromatic carbocycles. The van der Waals surface area contributed by atoms with E-state index in [9.17, 15) is 14.9 Å². The molecule has 144 valence electrons. The second-order valence-electron chi connectivity index (χ2n) is 7.10.